The first-order valence-electron chi connectivity index (χ1n) is 6.70. The molecule has 1 heterocycles. The van der Waals surface area contributed by atoms with E-state index >= 15 is 0 Å². The number of hydrogen-bond acceptors (Lipinski definition) is 1. The Bertz CT molecular complexity index is 346. The third-order valence-corrected chi connectivity index (χ3v) is 4.00. The standard InChI is InChI=1S/C14H25ClN2/c1-5-8-14(4,11-15)10-13-9-12(6-2)16-17(13)7-3/h9H,5-8,10-11H2,1-4H3. The number of aryl methyl sites for hydroxylation is 2. The Balaban J connectivity index is 2.88. The van der Waals surface area contributed by atoms with Crippen LogP contribution >= 0.6 is 11.6 Å². The van der Waals surface area contributed by atoms with Gasteiger partial charge in [0.15, 0.2) is 0 Å². The van der Waals surface area contributed by atoms with Crippen LogP contribution in [0.25, 0.3) is 0 Å². The van der Waals surface area contributed by atoms with Crippen LogP contribution in [0, 0.1) is 5.41 Å². The molecule has 0 amide bonds. The second-order valence-corrected chi connectivity index (χ2v) is 5.43. The largest absolute Gasteiger partial charge is 0.270 e. The van der Waals surface area contributed by atoms with Crippen molar-refractivity contribution in [2.24, 2.45) is 5.41 Å². The van der Waals surface area contributed by atoms with Gasteiger partial charge in [0.25, 0.3) is 0 Å². The summed E-state index contributed by atoms with van der Waals surface area (Å²) in [7, 11) is 0. The van der Waals surface area contributed by atoms with Gasteiger partial charge in [-0.15, -0.1) is 11.6 Å². The summed E-state index contributed by atoms with van der Waals surface area (Å²) in [5.41, 5.74) is 2.73. The van der Waals surface area contributed by atoms with Crippen LogP contribution < -0.4 is 0 Å². The SMILES string of the molecule is CCCC(C)(CCl)Cc1cc(CC)nn1CC. The molecule has 1 unspecified atom stereocenters. The van der Waals surface area contributed by atoms with Gasteiger partial charge in [0, 0.05) is 18.1 Å². The highest BCUT2D eigenvalue weighted by Crippen LogP contribution is 2.30. The first-order chi connectivity index (χ1) is 8.08. The highest BCUT2D eigenvalue weighted by atomic mass is 35.5. The first kappa shape index (κ1) is 14.6. The van der Waals surface area contributed by atoms with E-state index in [1.165, 1.54) is 24.2 Å². The van der Waals surface area contributed by atoms with Crippen LogP contribution in [0.3, 0.4) is 0 Å². The van der Waals surface area contributed by atoms with Crippen molar-refractivity contribution in [1.29, 1.82) is 0 Å². The van der Waals surface area contributed by atoms with Crippen molar-refractivity contribution in [3.63, 3.8) is 0 Å². The van der Waals surface area contributed by atoms with Gasteiger partial charge in [-0.25, -0.2) is 0 Å². The number of nitrogens with zero attached hydrogens (tertiary/aromatic N) is 2. The van der Waals surface area contributed by atoms with Crippen LogP contribution in [-0.4, -0.2) is 15.7 Å². The van der Waals surface area contributed by atoms with Crippen molar-refractivity contribution in [1.82, 2.24) is 9.78 Å². The average molecular weight is 257 g/mol. The van der Waals surface area contributed by atoms with E-state index < -0.39 is 0 Å². The fourth-order valence-corrected chi connectivity index (χ4v) is 2.58. The van der Waals surface area contributed by atoms with Crippen molar-refractivity contribution in [2.45, 2.75) is 59.9 Å². The molecule has 1 aromatic rings. The molecule has 0 spiro atoms. The second kappa shape index (κ2) is 6.44. The lowest BCUT2D eigenvalue weighted by Crippen LogP contribution is -2.23. The van der Waals surface area contributed by atoms with Crippen molar-refractivity contribution in [2.75, 3.05) is 5.88 Å². The highest BCUT2D eigenvalue weighted by molar-refractivity contribution is 6.18. The molecule has 98 valence electrons. The van der Waals surface area contributed by atoms with E-state index in [1.54, 1.807) is 0 Å². The maximum Gasteiger partial charge on any atom is 0.0624 e. The van der Waals surface area contributed by atoms with Gasteiger partial charge in [-0.05, 0) is 37.7 Å². The van der Waals surface area contributed by atoms with E-state index in [9.17, 15) is 0 Å². The summed E-state index contributed by atoms with van der Waals surface area (Å²) in [6.45, 7) is 9.74. The van der Waals surface area contributed by atoms with Gasteiger partial charge in [-0.1, -0.05) is 27.2 Å². The minimum atomic E-state index is 0.203. The Labute approximate surface area is 110 Å². The average Bonchev–Trinajstić information content (AvgIpc) is 2.71. The molecule has 0 fully saturated rings. The van der Waals surface area contributed by atoms with Crippen LogP contribution in [0.15, 0.2) is 6.07 Å². The van der Waals surface area contributed by atoms with Gasteiger partial charge in [-0.2, -0.15) is 5.10 Å². The molecule has 0 aliphatic heterocycles. The zero-order valence-corrected chi connectivity index (χ0v) is 12.3. The number of hydrogen-bond donors (Lipinski definition) is 0. The molecule has 1 rings (SSSR count). The molecule has 17 heavy (non-hydrogen) atoms. The predicted molar refractivity (Wildman–Crippen MR) is 74.7 cm³/mol. The molecule has 0 saturated heterocycles. The topological polar surface area (TPSA) is 17.8 Å². The quantitative estimate of drug-likeness (QED) is 0.673. The van der Waals surface area contributed by atoms with Crippen LogP contribution in [0.5, 0.6) is 0 Å². The van der Waals surface area contributed by atoms with Crippen LogP contribution in [-0.2, 0) is 19.4 Å². The lowest BCUT2D eigenvalue weighted by atomic mass is 9.83. The zero-order chi connectivity index (χ0) is 12.9. The molecule has 0 bridgehead atoms. The monoisotopic (exact) mass is 256 g/mol. The lowest BCUT2D eigenvalue weighted by Gasteiger charge is -2.26. The van der Waals surface area contributed by atoms with Crippen LogP contribution in [0.2, 0.25) is 0 Å². The summed E-state index contributed by atoms with van der Waals surface area (Å²) in [5.74, 6) is 0.719. The van der Waals surface area contributed by atoms with Crippen LogP contribution in [0.1, 0.15) is 51.9 Å². The zero-order valence-electron chi connectivity index (χ0n) is 11.6. The number of halogens is 1. The molecular weight excluding hydrogens is 232 g/mol. The van der Waals surface area contributed by atoms with Gasteiger partial charge in [0.05, 0.1) is 5.69 Å². The summed E-state index contributed by atoms with van der Waals surface area (Å²) < 4.78 is 2.12. The maximum absolute atomic E-state index is 6.14. The number of alkyl halides is 1. The highest BCUT2D eigenvalue weighted by Gasteiger charge is 2.24. The van der Waals surface area contributed by atoms with E-state index in [0.29, 0.717) is 0 Å². The van der Waals surface area contributed by atoms with Gasteiger partial charge < -0.3 is 0 Å². The Kier molecular flexibility index (Phi) is 5.51. The summed E-state index contributed by atoms with van der Waals surface area (Å²) >= 11 is 6.14. The summed E-state index contributed by atoms with van der Waals surface area (Å²) in [6, 6.07) is 2.24. The van der Waals surface area contributed by atoms with Crippen molar-refractivity contribution in [3.8, 4) is 0 Å². The Morgan fingerprint density at radius 3 is 2.53 bits per heavy atom. The summed E-state index contributed by atoms with van der Waals surface area (Å²) in [6.07, 6.45) is 4.40. The lowest BCUT2D eigenvalue weighted by molar-refractivity contribution is 0.324. The first-order valence-corrected chi connectivity index (χ1v) is 7.23. The molecular formula is C14H25ClN2. The van der Waals surface area contributed by atoms with Gasteiger partial charge in [-0.3, -0.25) is 4.68 Å². The van der Waals surface area contributed by atoms with Crippen LogP contribution in [0.4, 0.5) is 0 Å². The van der Waals surface area contributed by atoms with Gasteiger partial charge in [0.2, 0.25) is 0 Å². The Morgan fingerprint density at radius 1 is 1.35 bits per heavy atom. The minimum Gasteiger partial charge on any atom is -0.270 e. The summed E-state index contributed by atoms with van der Waals surface area (Å²) in [5, 5.41) is 4.60. The van der Waals surface area contributed by atoms with E-state index in [2.05, 4.69) is 43.5 Å². The van der Waals surface area contributed by atoms with E-state index in [1.807, 2.05) is 0 Å². The molecule has 0 aromatic carbocycles. The molecule has 0 N–H and O–H groups in total. The molecule has 0 aliphatic carbocycles. The van der Waals surface area contributed by atoms with Crippen molar-refractivity contribution < 1.29 is 0 Å². The number of aromatic nitrogens is 2. The molecule has 0 aliphatic rings. The van der Waals surface area contributed by atoms with Gasteiger partial charge in [0.1, 0.15) is 0 Å². The Hall–Kier alpha value is -0.500. The fraction of sp³-hybridized carbons (Fsp3) is 0.786. The molecule has 0 saturated carbocycles. The minimum absolute atomic E-state index is 0.203. The maximum atomic E-state index is 6.14. The van der Waals surface area contributed by atoms with Crippen molar-refractivity contribution in [3.05, 3.63) is 17.5 Å². The fourth-order valence-electron chi connectivity index (χ4n) is 2.35. The molecule has 1 atom stereocenters. The molecule has 2 nitrogen and oxygen atoms in total. The Morgan fingerprint density at radius 2 is 2.06 bits per heavy atom. The third kappa shape index (κ3) is 3.74. The van der Waals surface area contributed by atoms with E-state index in [4.69, 9.17) is 11.6 Å². The third-order valence-electron chi connectivity index (χ3n) is 3.36. The van der Waals surface area contributed by atoms with E-state index in [0.717, 1.165) is 25.3 Å². The molecule has 0 radical (unpaired) electrons. The predicted octanol–water partition coefficient (Wildman–Crippen LogP) is 4.05. The number of rotatable bonds is 7. The van der Waals surface area contributed by atoms with Gasteiger partial charge >= 0.3 is 0 Å². The molecule has 1 aromatic heterocycles. The molecule has 3 heteroatoms. The van der Waals surface area contributed by atoms with E-state index in [-0.39, 0.29) is 5.41 Å². The second-order valence-electron chi connectivity index (χ2n) is 5.17. The smallest absolute Gasteiger partial charge is 0.0624 e. The van der Waals surface area contributed by atoms with Crippen molar-refractivity contribution >= 4 is 11.6 Å². The summed E-state index contributed by atoms with van der Waals surface area (Å²) in [4.78, 5) is 0. The normalized spacial score (nSPS) is 14.9.